The molecular formula is C17H18F3N3O. The molecule has 4 nitrogen and oxygen atoms in total. The molecule has 0 saturated carbocycles. The molecule has 7 heteroatoms. The molecule has 0 amide bonds. The average molecular weight is 337 g/mol. The van der Waals surface area contributed by atoms with Crippen LogP contribution in [0.3, 0.4) is 0 Å². The number of aromatic nitrogens is 2. The monoisotopic (exact) mass is 337 g/mol. The third kappa shape index (κ3) is 3.36. The van der Waals surface area contributed by atoms with Crippen LogP contribution in [0.4, 0.5) is 13.2 Å². The molecular weight excluding hydrogens is 319 g/mol. The maximum absolute atomic E-state index is 12.8. The molecule has 0 radical (unpaired) electrons. The van der Waals surface area contributed by atoms with Gasteiger partial charge in [-0.1, -0.05) is 23.8 Å². The summed E-state index contributed by atoms with van der Waals surface area (Å²) < 4.78 is 38.5. The van der Waals surface area contributed by atoms with Crippen LogP contribution in [0.5, 0.6) is 0 Å². The van der Waals surface area contributed by atoms with Crippen molar-refractivity contribution in [2.24, 2.45) is 0 Å². The zero-order valence-electron chi connectivity index (χ0n) is 13.5. The summed E-state index contributed by atoms with van der Waals surface area (Å²) in [5.74, 6) is -1.22. The van der Waals surface area contributed by atoms with Crippen LogP contribution in [0.1, 0.15) is 33.8 Å². The van der Waals surface area contributed by atoms with Crippen molar-refractivity contribution in [3.63, 3.8) is 0 Å². The molecule has 0 saturated heterocycles. The van der Waals surface area contributed by atoms with E-state index in [9.17, 15) is 18.0 Å². The van der Waals surface area contributed by atoms with Gasteiger partial charge in [-0.3, -0.25) is 9.69 Å². The molecule has 1 aliphatic rings. The number of rotatable bonds is 2. The van der Waals surface area contributed by atoms with Crippen molar-refractivity contribution in [1.29, 1.82) is 0 Å². The van der Waals surface area contributed by atoms with Crippen molar-refractivity contribution in [3.8, 4) is 0 Å². The Balaban J connectivity index is 1.87. The lowest BCUT2D eigenvalue weighted by Gasteiger charge is -2.28. The lowest BCUT2D eigenvalue weighted by molar-refractivity contribution is -0.145. The van der Waals surface area contributed by atoms with Gasteiger partial charge in [0.2, 0.25) is 5.82 Å². The van der Waals surface area contributed by atoms with E-state index in [1.54, 1.807) is 0 Å². The van der Waals surface area contributed by atoms with Gasteiger partial charge < -0.3 is 4.98 Å². The van der Waals surface area contributed by atoms with Crippen molar-refractivity contribution in [2.75, 3.05) is 6.54 Å². The molecule has 1 aliphatic heterocycles. The number of halogens is 3. The number of nitrogens with one attached hydrogen (secondary N) is 1. The van der Waals surface area contributed by atoms with E-state index in [-0.39, 0.29) is 12.2 Å². The number of H-pyrrole nitrogens is 1. The molecule has 1 aromatic heterocycles. The summed E-state index contributed by atoms with van der Waals surface area (Å²) in [7, 11) is 0. The Kier molecular flexibility index (Phi) is 4.21. The maximum atomic E-state index is 12.8. The summed E-state index contributed by atoms with van der Waals surface area (Å²) in [6, 6.07) is 6.14. The lowest BCUT2D eigenvalue weighted by Crippen LogP contribution is -2.36. The topological polar surface area (TPSA) is 49.0 Å². The molecule has 2 aromatic rings. The second-order valence-electron chi connectivity index (χ2n) is 6.23. The van der Waals surface area contributed by atoms with Crippen LogP contribution in [0, 0.1) is 13.8 Å². The molecule has 1 aromatic carbocycles. The normalized spacial score (nSPS) is 15.4. The van der Waals surface area contributed by atoms with Gasteiger partial charge in [0.15, 0.2) is 0 Å². The van der Waals surface area contributed by atoms with E-state index in [1.807, 2.05) is 35.9 Å². The second kappa shape index (κ2) is 6.05. The smallest absolute Gasteiger partial charge is 0.303 e. The number of alkyl halides is 3. The Labute approximate surface area is 137 Å². The van der Waals surface area contributed by atoms with E-state index >= 15 is 0 Å². The number of fused-ring (bicyclic) bond motifs is 1. The summed E-state index contributed by atoms with van der Waals surface area (Å²) in [4.78, 5) is 19.4. The lowest BCUT2D eigenvalue weighted by atomic mass is 10.0. The van der Waals surface area contributed by atoms with Gasteiger partial charge in [0, 0.05) is 25.2 Å². The van der Waals surface area contributed by atoms with Gasteiger partial charge >= 0.3 is 6.18 Å². The van der Waals surface area contributed by atoms with Crippen LogP contribution in [-0.2, 0) is 25.7 Å². The standard InChI is InChI=1S/C17H18F3N3O/c1-10-3-4-11(2)12(7-10)8-23-6-5-13-14(9-23)21-16(17(18,19)20)22-15(13)24/h3-4,7H,5-6,8-9H2,1-2H3,(H,21,22,24). The molecule has 1 N–H and O–H groups in total. The van der Waals surface area contributed by atoms with Gasteiger partial charge in [0.25, 0.3) is 5.56 Å². The third-order valence-corrected chi connectivity index (χ3v) is 4.32. The summed E-state index contributed by atoms with van der Waals surface area (Å²) >= 11 is 0. The summed E-state index contributed by atoms with van der Waals surface area (Å²) in [6.45, 7) is 5.51. The minimum absolute atomic E-state index is 0.225. The van der Waals surface area contributed by atoms with Crippen molar-refractivity contribution in [2.45, 2.75) is 39.5 Å². The van der Waals surface area contributed by atoms with E-state index in [1.165, 1.54) is 0 Å². The quantitative estimate of drug-likeness (QED) is 0.917. The van der Waals surface area contributed by atoms with E-state index in [4.69, 9.17) is 0 Å². The first-order valence-corrected chi connectivity index (χ1v) is 7.72. The van der Waals surface area contributed by atoms with Crippen molar-refractivity contribution >= 4 is 0 Å². The largest absolute Gasteiger partial charge is 0.449 e. The fraction of sp³-hybridized carbons (Fsp3) is 0.412. The molecule has 128 valence electrons. The van der Waals surface area contributed by atoms with Gasteiger partial charge in [-0.05, 0) is 31.4 Å². The number of benzene rings is 1. The highest BCUT2D eigenvalue weighted by Crippen LogP contribution is 2.27. The van der Waals surface area contributed by atoms with Gasteiger partial charge in [0.05, 0.1) is 5.69 Å². The van der Waals surface area contributed by atoms with Crippen molar-refractivity contribution in [1.82, 2.24) is 14.9 Å². The van der Waals surface area contributed by atoms with Crippen molar-refractivity contribution in [3.05, 3.63) is 62.3 Å². The Bertz CT molecular complexity index is 827. The zero-order chi connectivity index (χ0) is 17.5. The molecule has 0 unspecified atom stereocenters. The summed E-state index contributed by atoms with van der Waals surface area (Å²) in [5.41, 5.74) is 3.32. The third-order valence-electron chi connectivity index (χ3n) is 4.32. The van der Waals surface area contributed by atoms with Gasteiger partial charge in [0.1, 0.15) is 0 Å². The fourth-order valence-electron chi connectivity index (χ4n) is 2.97. The SMILES string of the molecule is Cc1ccc(C)c(CN2CCc3c(nc(C(F)(F)F)[nH]c3=O)C2)c1. The maximum Gasteiger partial charge on any atom is 0.449 e. The van der Waals surface area contributed by atoms with E-state index < -0.39 is 17.6 Å². The van der Waals surface area contributed by atoms with Gasteiger partial charge in [-0.25, -0.2) is 4.98 Å². The van der Waals surface area contributed by atoms with Crippen LogP contribution in [-0.4, -0.2) is 21.4 Å². The molecule has 0 bridgehead atoms. The van der Waals surface area contributed by atoms with Crippen LogP contribution >= 0.6 is 0 Å². The van der Waals surface area contributed by atoms with Gasteiger partial charge in [-0.2, -0.15) is 13.2 Å². The van der Waals surface area contributed by atoms with E-state index in [0.717, 1.165) is 16.7 Å². The molecule has 0 spiro atoms. The Morgan fingerprint density at radius 2 is 2.04 bits per heavy atom. The predicted molar refractivity (Wildman–Crippen MR) is 83.6 cm³/mol. The number of nitrogens with zero attached hydrogens (tertiary/aromatic N) is 2. The van der Waals surface area contributed by atoms with Crippen LogP contribution in [0.25, 0.3) is 0 Å². The van der Waals surface area contributed by atoms with E-state index in [2.05, 4.69) is 11.1 Å². The molecule has 24 heavy (non-hydrogen) atoms. The Hall–Kier alpha value is -2.15. The van der Waals surface area contributed by atoms with Crippen molar-refractivity contribution < 1.29 is 13.2 Å². The van der Waals surface area contributed by atoms with Crippen LogP contribution in [0.2, 0.25) is 0 Å². The highest BCUT2D eigenvalue weighted by molar-refractivity contribution is 5.31. The number of hydrogen-bond acceptors (Lipinski definition) is 3. The van der Waals surface area contributed by atoms with E-state index in [0.29, 0.717) is 25.1 Å². The molecule has 2 heterocycles. The van der Waals surface area contributed by atoms with Gasteiger partial charge in [-0.15, -0.1) is 0 Å². The molecule has 0 fully saturated rings. The zero-order valence-corrected chi connectivity index (χ0v) is 13.5. The summed E-state index contributed by atoms with van der Waals surface area (Å²) in [6.07, 6.45) is -4.25. The minimum atomic E-state index is -4.65. The second-order valence-corrected chi connectivity index (χ2v) is 6.23. The first-order chi connectivity index (χ1) is 11.2. The fourth-order valence-corrected chi connectivity index (χ4v) is 2.97. The predicted octanol–water partition coefficient (Wildman–Crippen LogP) is 2.96. The average Bonchev–Trinajstić information content (AvgIpc) is 2.49. The van der Waals surface area contributed by atoms with Crippen LogP contribution < -0.4 is 5.56 Å². The molecule has 0 aliphatic carbocycles. The molecule has 0 atom stereocenters. The number of hydrogen-bond donors (Lipinski definition) is 1. The number of aryl methyl sites for hydroxylation is 2. The first kappa shape index (κ1) is 16.7. The first-order valence-electron chi connectivity index (χ1n) is 7.72. The van der Waals surface area contributed by atoms with Crippen LogP contribution in [0.15, 0.2) is 23.0 Å². The minimum Gasteiger partial charge on any atom is -0.303 e. The Morgan fingerprint density at radius 1 is 1.29 bits per heavy atom. The summed E-state index contributed by atoms with van der Waals surface area (Å²) in [5, 5.41) is 0. The Morgan fingerprint density at radius 3 is 2.75 bits per heavy atom. The highest BCUT2D eigenvalue weighted by Gasteiger charge is 2.36. The highest BCUT2D eigenvalue weighted by atomic mass is 19.4. The number of aromatic amines is 1. The molecule has 3 rings (SSSR count).